The maximum atomic E-state index is 3.91. The second kappa shape index (κ2) is 8.38. The Morgan fingerprint density at radius 2 is 1.58 bits per heavy atom. The third-order valence-corrected chi connectivity index (χ3v) is 6.17. The molecule has 0 fully saturated rings. The van der Waals surface area contributed by atoms with Crippen LogP contribution in [0.1, 0.15) is 17.5 Å². The lowest BCUT2D eigenvalue weighted by atomic mass is 10.1. The lowest BCUT2D eigenvalue weighted by Crippen LogP contribution is -2.25. The highest BCUT2D eigenvalue weighted by Gasteiger charge is 2.21. The summed E-state index contributed by atoms with van der Waals surface area (Å²) in [5.41, 5.74) is 7.00. The molecule has 0 radical (unpaired) electrons. The molecule has 0 aliphatic heterocycles. The molecule has 0 unspecified atom stereocenters. The quantitative estimate of drug-likeness (QED) is 0.357. The Labute approximate surface area is 151 Å². The number of aryl methyl sites for hydroxylation is 1. The molecule has 0 bridgehead atoms. The summed E-state index contributed by atoms with van der Waals surface area (Å²) >= 11 is 0. The minimum Gasteiger partial charge on any atom is -0.127 e. The number of allylic oxidation sites excluding steroid dienone is 3. The maximum absolute atomic E-state index is 3.91. The van der Waals surface area contributed by atoms with E-state index in [-0.39, 0.29) is 0 Å². The Morgan fingerprint density at radius 3 is 2.04 bits per heavy atom. The summed E-state index contributed by atoms with van der Waals surface area (Å²) in [6.45, 7) is 19.9. The molecule has 0 aromatic heterocycles. The normalized spacial score (nSPS) is 12.3. The zero-order valence-electron chi connectivity index (χ0n) is 16.3. The fraction of sp³-hybridized carbons (Fsp3) is 0.364. The van der Waals surface area contributed by atoms with E-state index in [9.17, 15) is 0 Å². The van der Waals surface area contributed by atoms with Crippen molar-refractivity contribution in [3.63, 3.8) is 0 Å². The van der Waals surface area contributed by atoms with Gasteiger partial charge in [0.1, 0.15) is 8.07 Å². The fourth-order valence-corrected chi connectivity index (χ4v) is 4.14. The minimum atomic E-state index is -1.58. The topological polar surface area (TPSA) is 0 Å². The molecule has 0 atom stereocenters. The molecule has 0 amide bonds. The number of benzene rings is 1. The molecule has 0 saturated heterocycles. The Bertz CT molecular complexity index is 728. The summed E-state index contributed by atoms with van der Waals surface area (Å²) in [4.78, 5) is 0. The van der Waals surface area contributed by atoms with Crippen LogP contribution >= 0.6 is 0 Å². The largest absolute Gasteiger partial charge is 0.129 e. The van der Waals surface area contributed by atoms with Gasteiger partial charge in [0.15, 0.2) is 0 Å². The van der Waals surface area contributed by atoms with Gasteiger partial charge in [-0.3, -0.25) is 0 Å². The molecule has 0 aliphatic carbocycles. The molecule has 0 saturated carbocycles. The van der Waals surface area contributed by atoms with Crippen LogP contribution in [0.3, 0.4) is 0 Å². The third-order valence-electron chi connectivity index (χ3n) is 3.37. The van der Waals surface area contributed by atoms with E-state index in [2.05, 4.69) is 100 Å². The molecule has 1 aromatic rings. The fourth-order valence-electron chi connectivity index (χ4n) is 2.11. The van der Waals surface area contributed by atoms with Gasteiger partial charge in [-0.15, -0.1) is 12.1 Å². The van der Waals surface area contributed by atoms with Crippen molar-refractivity contribution >= 4 is 16.1 Å². The van der Waals surface area contributed by atoms with Crippen LogP contribution in [0.25, 0.3) is 0 Å². The van der Waals surface area contributed by atoms with E-state index in [1.165, 1.54) is 16.3 Å². The van der Waals surface area contributed by atoms with Gasteiger partial charge in [0, 0.05) is 11.1 Å². The Kier molecular flexibility index (Phi) is 7.09. The number of hydrogen-bond donors (Lipinski definition) is 0. The molecule has 0 heterocycles. The molecule has 0 N–H and O–H groups in total. The van der Waals surface area contributed by atoms with E-state index in [4.69, 9.17) is 0 Å². The first kappa shape index (κ1) is 20.3. The Hall–Kier alpha value is -1.75. The van der Waals surface area contributed by atoms with Gasteiger partial charge < -0.3 is 0 Å². The average molecular weight is 351 g/mol. The highest BCUT2D eigenvalue weighted by atomic mass is 28.3. The Morgan fingerprint density at radius 1 is 1.00 bits per heavy atom. The van der Waals surface area contributed by atoms with Crippen LogP contribution < -0.4 is 0 Å². The van der Waals surface area contributed by atoms with Gasteiger partial charge in [-0.1, -0.05) is 80.8 Å². The van der Waals surface area contributed by atoms with Crippen molar-refractivity contribution in [2.45, 2.75) is 52.6 Å². The molecule has 0 spiro atoms. The zero-order valence-corrected chi connectivity index (χ0v) is 18.3. The first-order valence-corrected chi connectivity index (χ1v) is 15.5. The van der Waals surface area contributed by atoms with Gasteiger partial charge in [-0.2, -0.15) is 0 Å². The molecule has 1 aromatic carbocycles. The van der Waals surface area contributed by atoms with E-state index in [0.29, 0.717) is 0 Å². The molecule has 126 valence electrons. The second-order valence-electron chi connectivity index (χ2n) is 8.21. The van der Waals surface area contributed by atoms with Crippen LogP contribution in [0, 0.1) is 30.2 Å². The molecule has 24 heavy (non-hydrogen) atoms. The average Bonchev–Trinajstić information content (AvgIpc) is 2.44. The molecule has 1 rings (SSSR count). The molecular formula is C22H30Si2. The number of rotatable bonds is 3. The smallest absolute Gasteiger partial charge is 0.127 e. The summed E-state index contributed by atoms with van der Waals surface area (Å²) in [5.74, 6) is 10.3. The first-order valence-electron chi connectivity index (χ1n) is 8.49. The molecule has 0 aliphatic rings. The van der Waals surface area contributed by atoms with Gasteiger partial charge >= 0.3 is 0 Å². The van der Waals surface area contributed by atoms with Crippen LogP contribution in [0.15, 0.2) is 47.7 Å². The van der Waals surface area contributed by atoms with E-state index in [1.807, 2.05) is 6.08 Å². The predicted molar refractivity (Wildman–Crippen MR) is 114 cm³/mol. The summed E-state index contributed by atoms with van der Waals surface area (Å²) < 4.78 is 0. The lowest BCUT2D eigenvalue weighted by molar-refractivity contribution is 1.30. The maximum Gasteiger partial charge on any atom is 0.129 e. The van der Waals surface area contributed by atoms with Crippen LogP contribution in [0.4, 0.5) is 0 Å². The van der Waals surface area contributed by atoms with E-state index in [1.54, 1.807) is 0 Å². The summed E-state index contributed by atoms with van der Waals surface area (Å²) in [6, 6.07) is 8.39. The van der Waals surface area contributed by atoms with E-state index in [0.717, 1.165) is 12.0 Å². The van der Waals surface area contributed by atoms with Crippen molar-refractivity contribution in [3.8, 4) is 23.3 Å². The van der Waals surface area contributed by atoms with Crippen molar-refractivity contribution in [2.75, 3.05) is 0 Å². The van der Waals surface area contributed by atoms with Crippen LogP contribution in [-0.4, -0.2) is 16.1 Å². The first-order chi connectivity index (χ1) is 11.0. The van der Waals surface area contributed by atoms with Crippen molar-refractivity contribution in [3.05, 3.63) is 58.8 Å². The van der Waals surface area contributed by atoms with Crippen LogP contribution in [0.5, 0.6) is 0 Å². The SMILES string of the molecule is C=CC/C(C#C[Si](C)(C)C)=C(\C#Cc1ccc(C)cc1)[Si](C)(C)C. The van der Waals surface area contributed by atoms with Gasteiger partial charge in [0.05, 0.1) is 8.07 Å². The van der Waals surface area contributed by atoms with Gasteiger partial charge in [0.2, 0.25) is 0 Å². The van der Waals surface area contributed by atoms with Gasteiger partial charge in [-0.05, 0) is 30.7 Å². The van der Waals surface area contributed by atoms with Crippen molar-refractivity contribution in [1.29, 1.82) is 0 Å². The minimum absolute atomic E-state index is 0.805. The number of hydrogen-bond acceptors (Lipinski definition) is 0. The van der Waals surface area contributed by atoms with Crippen molar-refractivity contribution < 1.29 is 0 Å². The molecular weight excluding hydrogens is 320 g/mol. The van der Waals surface area contributed by atoms with Gasteiger partial charge in [-0.25, -0.2) is 0 Å². The predicted octanol–water partition coefficient (Wildman–Crippen LogP) is 5.98. The van der Waals surface area contributed by atoms with Crippen molar-refractivity contribution in [2.24, 2.45) is 0 Å². The van der Waals surface area contributed by atoms with E-state index < -0.39 is 16.1 Å². The van der Waals surface area contributed by atoms with Gasteiger partial charge in [0.25, 0.3) is 0 Å². The Balaban J connectivity index is 3.43. The van der Waals surface area contributed by atoms with E-state index >= 15 is 0 Å². The van der Waals surface area contributed by atoms with Crippen molar-refractivity contribution in [1.82, 2.24) is 0 Å². The summed E-state index contributed by atoms with van der Waals surface area (Å²) in [5, 5.41) is 1.26. The standard InChI is InChI=1S/C22H30Si2/c1-9-10-21(17-18-23(3,4)5)22(24(6,7)8)16-15-20-13-11-19(2)12-14-20/h9,11-14H,1,10H2,2-8H3/b22-21-. The monoisotopic (exact) mass is 350 g/mol. The molecule has 2 heteroatoms. The third kappa shape index (κ3) is 7.22. The zero-order chi connectivity index (χ0) is 18.4. The summed E-state index contributed by atoms with van der Waals surface area (Å²) in [6.07, 6.45) is 2.75. The lowest BCUT2D eigenvalue weighted by Gasteiger charge is -2.18. The van der Waals surface area contributed by atoms with Crippen LogP contribution in [0.2, 0.25) is 39.3 Å². The highest BCUT2D eigenvalue weighted by molar-refractivity contribution is 6.85. The highest BCUT2D eigenvalue weighted by Crippen LogP contribution is 2.21. The second-order valence-corrected chi connectivity index (χ2v) is 18.0. The summed E-state index contributed by atoms with van der Waals surface area (Å²) in [7, 11) is -2.99. The van der Waals surface area contributed by atoms with Crippen LogP contribution in [-0.2, 0) is 0 Å². The molecule has 0 nitrogen and oxygen atoms in total.